The molecule has 0 aliphatic rings. The fourth-order valence-electron chi connectivity index (χ4n) is 2.00. The molecule has 0 aliphatic carbocycles. The molecule has 0 unspecified atom stereocenters. The maximum atomic E-state index is 12.4. The lowest BCUT2D eigenvalue weighted by atomic mass is 10.0. The zero-order valence-electron chi connectivity index (χ0n) is 11.3. The van der Waals surface area contributed by atoms with Crippen LogP contribution in [-0.2, 0) is 0 Å². The molecule has 2 rings (SSSR count). The highest BCUT2D eigenvalue weighted by molar-refractivity contribution is 6.06. The number of amides is 1. The summed E-state index contributed by atoms with van der Waals surface area (Å²) in [4.78, 5) is 18.5. The molecule has 3 heteroatoms. The van der Waals surface area contributed by atoms with Crippen LogP contribution in [0.25, 0.3) is 10.9 Å². The molecule has 2 aromatic rings. The van der Waals surface area contributed by atoms with E-state index < -0.39 is 0 Å². The van der Waals surface area contributed by atoms with Crippen molar-refractivity contribution >= 4 is 16.8 Å². The molecule has 1 aromatic carbocycles. The fourth-order valence-corrected chi connectivity index (χ4v) is 2.00. The van der Waals surface area contributed by atoms with Gasteiger partial charge < -0.3 is 4.90 Å². The van der Waals surface area contributed by atoms with Gasteiger partial charge in [0.05, 0.1) is 11.1 Å². The van der Waals surface area contributed by atoms with Crippen LogP contribution in [-0.4, -0.2) is 29.4 Å². The summed E-state index contributed by atoms with van der Waals surface area (Å²) in [5.74, 6) is 0.0543. The summed E-state index contributed by atoms with van der Waals surface area (Å²) in [7, 11) is 1.82. The van der Waals surface area contributed by atoms with Crippen LogP contribution in [0.1, 0.15) is 28.5 Å². The van der Waals surface area contributed by atoms with E-state index in [0.29, 0.717) is 6.54 Å². The maximum Gasteiger partial charge on any atom is 0.254 e. The minimum atomic E-state index is 0.0543. The minimum Gasteiger partial charge on any atom is -0.342 e. The number of hydrogen-bond acceptors (Lipinski definition) is 2. The van der Waals surface area contributed by atoms with E-state index in [1.165, 1.54) is 0 Å². The maximum absolute atomic E-state index is 12.4. The molecule has 0 N–H and O–H groups in total. The topological polar surface area (TPSA) is 33.2 Å². The Kier molecular flexibility index (Phi) is 3.32. The number of pyridine rings is 1. The number of fused-ring (bicyclic) bond motifs is 1. The van der Waals surface area contributed by atoms with Gasteiger partial charge in [-0.05, 0) is 39.0 Å². The second kappa shape index (κ2) is 4.77. The van der Waals surface area contributed by atoms with Crippen molar-refractivity contribution in [1.82, 2.24) is 9.88 Å². The normalized spacial score (nSPS) is 10.7. The third kappa shape index (κ3) is 2.21. The van der Waals surface area contributed by atoms with E-state index in [1.54, 1.807) is 4.90 Å². The Bertz CT molecular complexity index is 605. The number of aromatic nitrogens is 1. The Labute approximate surface area is 107 Å². The predicted molar refractivity (Wildman–Crippen MR) is 73.9 cm³/mol. The molecule has 3 nitrogen and oxygen atoms in total. The zero-order valence-corrected chi connectivity index (χ0v) is 11.3. The van der Waals surface area contributed by atoms with Crippen LogP contribution in [0.2, 0.25) is 0 Å². The summed E-state index contributed by atoms with van der Waals surface area (Å²) < 4.78 is 0. The monoisotopic (exact) mass is 242 g/mol. The Hall–Kier alpha value is -1.90. The van der Waals surface area contributed by atoms with Crippen molar-refractivity contribution in [2.24, 2.45) is 0 Å². The van der Waals surface area contributed by atoms with Crippen molar-refractivity contribution in [2.75, 3.05) is 13.6 Å². The lowest BCUT2D eigenvalue weighted by Gasteiger charge is -2.16. The van der Waals surface area contributed by atoms with Crippen LogP contribution in [0.5, 0.6) is 0 Å². The van der Waals surface area contributed by atoms with Crippen LogP contribution in [0, 0.1) is 13.8 Å². The molecule has 0 spiro atoms. The van der Waals surface area contributed by atoms with Gasteiger partial charge in [-0.1, -0.05) is 11.6 Å². The average Bonchev–Trinajstić information content (AvgIpc) is 2.36. The van der Waals surface area contributed by atoms with Gasteiger partial charge in [-0.3, -0.25) is 9.78 Å². The first-order valence-corrected chi connectivity index (χ1v) is 6.16. The number of nitrogens with zero attached hydrogens (tertiary/aromatic N) is 2. The van der Waals surface area contributed by atoms with E-state index in [2.05, 4.69) is 4.98 Å². The van der Waals surface area contributed by atoms with Gasteiger partial charge in [0.25, 0.3) is 5.91 Å². The van der Waals surface area contributed by atoms with Crippen molar-refractivity contribution in [3.63, 3.8) is 0 Å². The Morgan fingerprint density at radius 2 is 2.00 bits per heavy atom. The average molecular weight is 242 g/mol. The van der Waals surface area contributed by atoms with E-state index in [4.69, 9.17) is 0 Å². The van der Waals surface area contributed by atoms with E-state index in [9.17, 15) is 4.79 Å². The predicted octanol–water partition coefficient (Wildman–Crippen LogP) is 2.94. The summed E-state index contributed by atoms with van der Waals surface area (Å²) in [5.41, 5.74) is 3.64. The first-order valence-electron chi connectivity index (χ1n) is 6.16. The van der Waals surface area contributed by atoms with Crippen LogP contribution < -0.4 is 0 Å². The summed E-state index contributed by atoms with van der Waals surface area (Å²) in [5, 5.41) is 0.936. The van der Waals surface area contributed by atoms with E-state index in [-0.39, 0.29) is 5.91 Å². The third-order valence-corrected chi connectivity index (χ3v) is 3.14. The number of carbonyl (C=O) groups excluding carboxylic acids is 1. The van der Waals surface area contributed by atoms with Crippen LogP contribution in [0.15, 0.2) is 24.3 Å². The number of benzene rings is 1. The molecule has 0 fully saturated rings. The third-order valence-electron chi connectivity index (χ3n) is 3.14. The molecular weight excluding hydrogens is 224 g/mol. The summed E-state index contributed by atoms with van der Waals surface area (Å²) in [6.07, 6.45) is 0. The summed E-state index contributed by atoms with van der Waals surface area (Å²) in [6.45, 7) is 6.62. The van der Waals surface area contributed by atoms with Crippen molar-refractivity contribution in [2.45, 2.75) is 20.8 Å². The number of hydrogen-bond donors (Lipinski definition) is 0. The van der Waals surface area contributed by atoms with Gasteiger partial charge in [-0.15, -0.1) is 0 Å². The van der Waals surface area contributed by atoms with E-state index in [1.807, 2.05) is 52.1 Å². The van der Waals surface area contributed by atoms with Gasteiger partial charge >= 0.3 is 0 Å². The number of aryl methyl sites for hydroxylation is 2. The lowest BCUT2D eigenvalue weighted by molar-refractivity contribution is 0.0804. The molecule has 1 amide bonds. The Morgan fingerprint density at radius 1 is 1.28 bits per heavy atom. The quantitative estimate of drug-likeness (QED) is 0.811. The van der Waals surface area contributed by atoms with Crippen molar-refractivity contribution < 1.29 is 4.79 Å². The summed E-state index contributed by atoms with van der Waals surface area (Å²) in [6, 6.07) is 7.89. The molecule has 94 valence electrons. The molecule has 0 aliphatic heterocycles. The molecule has 18 heavy (non-hydrogen) atoms. The summed E-state index contributed by atoms with van der Waals surface area (Å²) >= 11 is 0. The molecule has 1 aromatic heterocycles. The zero-order chi connectivity index (χ0) is 13.3. The largest absolute Gasteiger partial charge is 0.342 e. The lowest BCUT2D eigenvalue weighted by Crippen LogP contribution is -2.26. The molecular formula is C15H18N2O. The van der Waals surface area contributed by atoms with Crippen molar-refractivity contribution in [3.05, 3.63) is 41.1 Å². The van der Waals surface area contributed by atoms with Crippen LogP contribution in [0.4, 0.5) is 0 Å². The molecule has 1 heterocycles. The first-order chi connectivity index (χ1) is 8.52. The molecule has 0 saturated heterocycles. The van der Waals surface area contributed by atoms with Crippen molar-refractivity contribution in [1.29, 1.82) is 0 Å². The van der Waals surface area contributed by atoms with Gasteiger partial charge in [0.1, 0.15) is 0 Å². The van der Waals surface area contributed by atoms with E-state index in [0.717, 1.165) is 27.7 Å². The van der Waals surface area contributed by atoms with Gasteiger partial charge in [0.15, 0.2) is 0 Å². The molecule has 0 radical (unpaired) electrons. The second-order valence-electron chi connectivity index (χ2n) is 4.65. The molecule has 0 bridgehead atoms. The SMILES string of the molecule is CCN(C)C(=O)c1cc(C)nc2ccc(C)cc12. The molecule has 0 saturated carbocycles. The van der Waals surface area contributed by atoms with Gasteiger partial charge in [-0.25, -0.2) is 0 Å². The van der Waals surface area contributed by atoms with Gasteiger partial charge in [0, 0.05) is 24.7 Å². The Morgan fingerprint density at radius 3 is 2.67 bits per heavy atom. The highest BCUT2D eigenvalue weighted by Gasteiger charge is 2.15. The number of rotatable bonds is 2. The highest BCUT2D eigenvalue weighted by atomic mass is 16.2. The molecule has 0 atom stereocenters. The standard InChI is InChI=1S/C15H18N2O/c1-5-17(4)15(18)13-9-11(3)16-14-7-6-10(2)8-12(13)14/h6-9H,5H2,1-4H3. The first kappa shape index (κ1) is 12.6. The smallest absolute Gasteiger partial charge is 0.254 e. The van der Waals surface area contributed by atoms with Crippen molar-refractivity contribution in [3.8, 4) is 0 Å². The van der Waals surface area contributed by atoms with Gasteiger partial charge in [0.2, 0.25) is 0 Å². The fraction of sp³-hybridized carbons (Fsp3) is 0.333. The van der Waals surface area contributed by atoms with E-state index >= 15 is 0 Å². The second-order valence-corrected chi connectivity index (χ2v) is 4.65. The highest BCUT2D eigenvalue weighted by Crippen LogP contribution is 2.21. The van der Waals surface area contributed by atoms with Crippen LogP contribution in [0.3, 0.4) is 0 Å². The number of carbonyl (C=O) groups is 1. The van der Waals surface area contributed by atoms with Crippen LogP contribution >= 0.6 is 0 Å². The Balaban J connectivity index is 2.68. The minimum absolute atomic E-state index is 0.0543. The van der Waals surface area contributed by atoms with Gasteiger partial charge in [-0.2, -0.15) is 0 Å².